The number of aromatic nitrogens is 4. The van der Waals surface area contributed by atoms with E-state index in [2.05, 4.69) is 26.9 Å². The number of primary amides is 1. The van der Waals surface area contributed by atoms with E-state index in [0.717, 1.165) is 5.92 Å². The number of H-pyrrole nitrogens is 1. The predicted molar refractivity (Wildman–Crippen MR) is 121 cm³/mol. The van der Waals surface area contributed by atoms with Gasteiger partial charge in [0.1, 0.15) is 11.5 Å². The van der Waals surface area contributed by atoms with Crippen LogP contribution in [0.2, 0.25) is 0 Å². The summed E-state index contributed by atoms with van der Waals surface area (Å²) in [6.45, 7) is 2.36. The first-order chi connectivity index (χ1) is 15.7. The van der Waals surface area contributed by atoms with E-state index in [0.29, 0.717) is 22.6 Å². The van der Waals surface area contributed by atoms with E-state index >= 15 is 0 Å². The number of nitrogens with zero attached hydrogens (tertiary/aromatic N) is 3. The molecule has 2 saturated carbocycles. The van der Waals surface area contributed by atoms with Gasteiger partial charge >= 0.3 is 0 Å². The van der Waals surface area contributed by atoms with Gasteiger partial charge in [-0.25, -0.2) is 18.7 Å². The minimum atomic E-state index is -2.64. The molecule has 0 saturated heterocycles. The molecular formula is C24H27F2N5O2. The Labute approximate surface area is 189 Å². The lowest BCUT2D eigenvalue weighted by Gasteiger charge is -2.33. The summed E-state index contributed by atoms with van der Waals surface area (Å²) in [7, 11) is 0. The van der Waals surface area contributed by atoms with Crippen molar-refractivity contribution in [3.63, 3.8) is 0 Å². The van der Waals surface area contributed by atoms with Gasteiger partial charge < -0.3 is 10.7 Å². The number of carbonyl (C=O) groups is 1. The monoisotopic (exact) mass is 455 g/mol. The van der Waals surface area contributed by atoms with Crippen molar-refractivity contribution in [2.24, 2.45) is 11.7 Å². The number of fused-ring (bicyclic) bond motifs is 1. The first-order valence-electron chi connectivity index (χ1n) is 11.3. The summed E-state index contributed by atoms with van der Waals surface area (Å²) in [4.78, 5) is 39.0. The van der Waals surface area contributed by atoms with Crippen LogP contribution in [0.4, 0.5) is 8.78 Å². The molecule has 0 aromatic carbocycles. The third-order valence-electron chi connectivity index (χ3n) is 6.31. The maximum absolute atomic E-state index is 13.0. The van der Waals surface area contributed by atoms with Crippen LogP contribution in [0.3, 0.4) is 0 Å². The van der Waals surface area contributed by atoms with Crippen LogP contribution in [-0.4, -0.2) is 31.8 Å². The van der Waals surface area contributed by atoms with Gasteiger partial charge in [-0.1, -0.05) is 39.0 Å². The highest BCUT2D eigenvalue weighted by Crippen LogP contribution is 2.47. The lowest BCUT2D eigenvalue weighted by Crippen LogP contribution is -2.34. The van der Waals surface area contributed by atoms with Gasteiger partial charge in [-0.05, 0) is 12.0 Å². The largest absolute Gasteiger partial charge is 0.364 e. The van der Waals surface area contributed by atoms with Crippen LogP contribution in [0, 0.1) is 5.92 Å². The minimum Gasteiger partial charge on any atom is -0.364 e. The SMILES string of the molecule is CC1CCCCC1.NC(=O)c1nccc2[nH]c(-c3cnc(C4CC(F)(F)C4)nc3)cc(=O)c12. The van der Waals surface area contributed by atoms with Gasteiger partial charge in [-0.3, -0.25) is 14.6 Å². The predicted octanol–water partition coefficient (Wildman–Crippen LogP) is 4.58. The molecule has 3 N–H and O–H groups in total. The van der Waals surface area contributed by atoms with Crippen molar-refractivity contribution in [1.82, 2.24) is 19.9 Å². The van der Waals surface area contributed by atoms with Crippen molar-refractivity contribution < 1.29 is 13.6 Å². The van der Waals surface area contributed by atoms with Crippen LogP contribution in [0.15, 0.2) is 35.5 Å². The normalized spacial score (nSPS) is 18.3. The smallest absolute Gasteiger partial charge is 0.268 e. The number of alkyl halides is 2. The second kappa shape index (κ2) is 9.33. The maximum atomic E-state index is 13.0. The Morgan fingerprint density at radius 3 is 2.33 bits per heavy atom. The molecule has 3 heterocycles. The van der Waals surface area contributed by atoms with Gasteiger partial charge in [-0.15, -0.1) is 0 Å². The molecule has 1 amide bonds. The zero-order chi connectivity index (χ0) is 23.6. The molecule has 0 aliphatic heterocycles. The zero-order valence-corrected chi connectivity index (χ0v) is 18.5. The van der Waals surface area contributed by atoms with Crippen LogP contribution in [0.1, 0.15) is 74.1 Å². The summed E-state index contributed by atoms with van der Waals surface area (Å²) in [5.74, 6) is -2.38. The van der Waals surface area contributed by atoms with Crippen molar-refractivity contribution in [3.05, 3.63) is 52.5 Å². The molecule has 3 aromatic heterocycles. The van der Waals surface area contributed by atoms with E-state index in [9.17, 15) is 18.4 Å². The standard InChI is InChI=1S/C17H13F2N5O2.C7H14/c18-17(19)4-8(5-17)16-22-6-9(7-23-16)11-3-12(25)13-10(24-11)1-2-21-14(13)15(20)26;1-7-5-3-2-4-6-7/h1-3,6-8H,4-5H2,(H2,20,26)(H,24,25);7H,2-6H2,1H3. The van der Waals surface area contributed by atoms with Gasteiger partial charge in [0, 0.05) is 49.0 Å². The number of rotatable bonds is 3. The molecule has 0 unspecified atom stereocenters. The first kappa shape index (κ1) is 22.9. The van der Waals surface area contributed by atoms with E-state index < -0.39 is 17.3 Å². The number of carbonyl (C=O) groups excluding carboxylic acids is 1. The quantitative estimate of drug-likeness (QED) is 0.600. The fourth-order valence-electron chi connectivity index (χ4n) is 4.38. The summed E-state index contributed by atoms with van der Waals surface area (Å²) in [5, 5.41) is 0.109. The average Bonchev–Trinajstić information content (AvgIpc) is 2.78. The molecule has 5 rings (SSSR count). The highest BCUT2D eigenvalue weighted by Gasteiger charge is 2.47. The Morgan fingerprint density at radius 1 is 1.12 bits per heavy atom. The molecular weight excluding hydrogens is 428 g/mol. The Hall–Kier alpha value is -3.23. The van der Waals surface area contributed by atoms with Gasteiger partial charge in [-0.2, -0.15) is 0 Å². The Morgan fingerprint density at radius 2 is 1.79 bits per heavy atom. The summed E-state index contributed by atoms with van der Waals surface area (Å²) in [6, 6.07) is 2.85. The van der Waals surface area contributed by atoms with Gasteiger partial charge in [0.05, 0.1) is 16.6 Å². The number of hydrogen-bond donors (Lipinski definition) is 2. The fraction of sp³-hybridized carbons (Fsp3) is 0.458. The van der Waals surface area contributed by atoms with Crippen LogP contribution < -0.4 is 11.2 Å². The maximum Gasteiger partial charge on any atom is 0.268 e. The Balaban J connectivity index is 0.000000318. The van der Waals surface area contributed by atoms with E-state index in [1.165, 1.54) is 56.8 Å². The van der Waals surface area contributed by atoms with Gasteiger partial charge in [0.15, 0.2) is 5.43 Å². The number of pyridine rings is 2. The molecule has 2 aliphatic carbocycles. The number of nitrogens with one attached hydrogen (secondary N) is 1. The number of nitrogens with two attached hydrogens (primary N) is 1. The van der Waals surface area contributed by atoms with Crippen molar-refractivity contribution in [2.45, 2.75) is 63.7 Å². The Kier molecular flexibility index (Phi) is 6.49. The molecule has 0 atom stereocenters. The molecule has 7 nitrogen and oxygen atoms in total. The summed E-state index contributed by atoms with van der Waals surface area (Å²) < 4.78 is 25.9. The van der Waals surface area contributed by atoms with Gasteiger partial charge in [0.25, 0.3) is 5.91 Å². The van der Waals surface area contributed by atoms with E-state index in [1.807, 2.05) is 0 Å². The van der Waals surface area contributed by atoms with Crippen LogP contribution in [-0.2, 0) is 0 Å². The molecule has 2 aliphatic rings. The van der Waals surface area contributed by atoms with Crippen LogP contribution in [0.5, 0.6) is 0 Å². The van der Waals surface area contributed by atoms with Crippen molar-refractivity contribution in [3.8, 4) is 11.3 Å². The molecule has 33 heavy (non-hydrogen) atoms. The third kappa shape index (κ3) is 5.23. The highest BCUT2D eigenvalue weighted by molar-refractivity contribution is 6.03. The highest BCUT2D eigenvalue weighted by atomic mass is 19.3. The molecule has 174 valence electrons. The number of amides is 1. The first-order valence-corrected chi connectivity index (χ1v) is 11.3. The van der Waals surface area contributed by atoms with Crippen LogP contribution >= 0.6 is 0 Å². The zero-order valence-electron chi connectivity index (χ0n) is 18.5. The summed E-state index contributed by atoms with van der Waals surface area (Å²) in [6.07, 6.45) is 11.3. The van der Waals surface area contributed by atoms with Crippen molar-refractivity contribution in [2.75, 3.05) is 0 Å². The topological polar surface area (TPSA) is 115 Å². The molecule has 2 fully saturated rings. The van der Waals surface area contributed by atoms with E-state index in [4.69, 9.17) is 5.73 Å². The van der Waals surface area contributed by atoms with E-state index in [1.54, 1.807) is 6.07 Å². The van der Waals surface area contributed by atoms with Crippen molar-refractivity contribution >= 4 is 16.8 Å². The second-order valence-electron chi connectivity index (χ2n) is 9.03. The molecule has 3 aromatic rings. The number of hydrogen-bond acceptors (Lipinski definition) is 5. The molecule has 0 radical (unpaired) electrons. The fourth-order valence-corrected chi connectivity index (χ4v) is 4.38. The minimum absolute atomic E-state index is 0.104. The van der Waals surface area contributed by atoms with Crippen LogP contribution in [0.25, 0.3) is 22.2 Å². The van der Waals surface area contributed by atoms with Gasteiger partial charge in [0.2, 0.25) is 5.92 Å². The average molecular weight is 456 g/mol. The summed E-state index contributed by atoms with van der Waals surface area (Å²) >= 11 is 0. The number of aromatic amines is 1. The Bertz CT molecular complexity index is 1200. The molecule has 0 bridgehead atoms. The third-order valence-corrected chi connectivity index (χ3v) is 6.31. The summed E-state index contributed by atoms with van der Waals surface area (Å²) in [5.41, 5.74) is 6.10. The number of halogens is 2. The molecule has 0 spiro atoms. The van der Waals surface area contributed by atoms with E-state index in [-0.39, 0.29) is 29.8 Å². The second-order valence-corrected chi connectivity index (χ2v) is 9.03. The van der Waals surface area contributed by atoms with Crippen molar-refractivity contribution in [1.29, 1.82) is 0 Å². The lowest BCUT2D eigenvalue weighted by atomic mass is 9.81. The lowest BCUT2D eigenvalue weighted by molar-refractivity contribution is -0.0885. The molecule has 9 heteroatoms.